The van der Waals surface area contributed by atoms with Crippen LogP contribution in [0.2, 0.25) is 0 Å². The Hall–Kier alpha value is -6.24. The Labute approximate surface area is 485 Å². The molecule has 17 heteroatoms. The molecule has 2 aromatic carbocycles. The number of hydrogen-bond acceptors (Lipinski definition) is 16. The van der Waals surface area contributed by atoms with Crippen LogP contribution in [0, 0.1) is 39.9 Å². The number of likely N-dealkylation sites (N-methyl/N-ethyl adjacent to an activating group) is 1. The maximum absolute atomic E-state index is 15.2. The number of methoxy groups -OCH3 is 3. The highest BCUT2D eigenvalue weighted by Gasteiger charge is 2.80. The molecule has 17 nitrogen and oxygen atoms in total. The molecule has 15 atom stereocenters. The average molecular weight is 1140 g/mol. The van der Waals surface area contributed by atoms with E-state index in [2.05, 4.69) is 58.1 Å². The van der Waals surface area contributed by atoms with Crippen LogP contribution in [0.15, 0.2) is 84.0 Å². The number of hydrogen-bond donors (Lipinski definition) is 4. The summed E-state index contributed by atoms with van der Waals surface area (Å²) in [4.78, 5) is 90.5. The molecule has 442 valence electrons. The minimum atomic E-state index is -2.27. The van der Waals surface area contributed by atoms with Crippen molar-refractivity contribution in [1.82, 2.24) is 14.8 Å². The number of aliphatic hydroxyl groups excluding tert-OH is 1. The third kappa shape index (κ3) is 7.61. The summed E-state index contributed by atoms with van der Waals surface area (Å²) in [5, 5.41) is 34.8. The summed E-state index contributed by atoms with van der Waals surface area (Å²) >= 11 is 0. The molecular weight excluding hydrogens is 1060 g/mol. The Kier molecular flexibility index (Phi) is 13.7. The van der Waals surface area contributed by atoms with Gasteiger partial charge < -0.3 is 44.2 Å². The van der Waals surface area contributed by atoms with Gasteiger partial charge in [0.05, 0.1) is 27.4 Å². The zero-order valence-electron chi connectivity index (χ0n) is 49.3. The number of carbonyl (C=O) groups is 6. The predicted molar refractivity (Wildman–Crippen MR) is 308 cm³/mol. The number of H-pyrrole nitrogens is 1. The maximum atomic E-state index is 15.2. The van der Waals surface area contributed by atoms with Gasteiger partial charge in [-0.1, -0.05) is 81.3 Å². The lowest BCUT2D eigenvalue weighted by atomic mass is 9.46. The molecule has 1 saturated heterocycles. The summed E-state index contributed by atoms with van der Waals surface area (Å²) in [6.45, 7) is 12.4. The number of benzene rings is 2. The van der Waals surface area contributed by atoms with Gasteiger partial charge >= 0.3 is 17.9 Å². The maximum Gasteiger partial charge on any atom is 0.344 e. The molecule has 83 heavy (non-hydrogen) atoms. The summed E-state index contributed by atoms with van der Waals surface area (Å²) in [7, 11) is 6.22. The van der Waals surface area contributed by atoms with Crippen molar-refractivity contribution in [2.45, 2.75) is 139 Å². The number of aliphatic hydroxyl groups is 3. The van der Waals surface area contributed by atoms with Gasteiger partial charge in [-0.3, -0.25) is 33.8 Å². The van der Waals surface area contributed by atoms with Crippen LogP contribution in [0.4, 0.5) is 5.69 Å². The van der Waals surface area contributed by atoms with Crippen LogP contribution in [0.5, 0.6) is 5.75 Å². The van der Waals surface area contributed by atoms with Crippen LogP contribution in [0.25, 0.3) is 10.9 Å². The SMILES string of the molecule is CCC1=C[C@@H]2C[N@](C1)Cc1c([nH]c3ccccc13)[C@@](C(=O)OC)(c1cc3c(cc1OC)N(C)[C@H]1[C@@](O)(C(=O)OC)[C@H](OC(C)=O)[C@]4(CC)C=CCN5CC[C@]31[C@@H]54)C2.C[C@]12C=CC(=O)C=C1CC[C@@H]1[C@@H]2C(=O)C[C@@]2(C)[C@H]1CC[C@]2(O)C(=O)CO. The molecular formula is C66H80N4O13. The standard InChI is InChI=1S/C45H54N4O8.C21H26O5/c1-8-27-19-28-22-44(40(51)55-6,36-30(25-48(23-27)24-28)29-13-10-11-14-33(29)46-36)32-20-31-34(21-35(32)54-5)47(4)38-43(31)16-18-49-17-12-15-42(9-2,37(43)49)39(57-26(3)50)45(38,53)41(52)56-7;1-19-7-5-13(23)9-12(19)3-4-14-15-6-8-21(26,17(25)11-22)20(15,2)10-16(24)18(14)19/h10-15,19-21,28,37-39,46,53H,8-9,16-18,22-25H2,1-7H3;5,7,9,14-15,18,22,26H,3-4,6,8,10-11H2,1-2H3/t28-,37-,38+,39+,42+,43+,44-,45-;14-,15-,18+,19-,20-,21-/m00/s1. The third-order valence-electron chi connectivity index (χ3n) is 22.8. The van der Waals surface area contributed by atoms with Gasteiger partial charge in [-0.15, -0.1) is 0 Å². The number of ether oxygens (including phenoxy) is 4. The molecule has 0 unspecified atom stereocenters. The fourth-order valence-corrected chi connectivity index (χ4v) is 19.5. The molecule has 1 spiro atoms. The quantitative estimate of drug-likeness (QED) is 0.102. The minimum Gasteiger partial charge on any atom is -0.496 e. The number of fused-ring (bicyclic) bond motifs is 11. The number of aromatic amines is 1. The van der Waals surface area contributed by atoms with Crippen molar-refractivity contribution in [3.05, 3.63) is 106 Å². The Bertz CT molecular complexity index is 3400. The second-order valence-electron chi connectivity index (χ2n) is 26.2. The fourth-order valence-electron chi connectivity index (χ4n) is 19.5. The van der Waals surface area contributed by atoms with Gasteiger partial charge in [-0.2, -0.15) is 0 Å². The Morgan fingerprint density at radius 2 is 1.67 bits per heavy atom. The van der Waals surface area contributed by atoms with Gasteiger partial charge in [0, 0.05) is 114 Å². The number of Topliss-reactive ketones (excluding diaryl/α,β-unsaturated/α-hetero) is 2. The molecule has 5 aliphatic carbocycles. The zero-order chi connectivity index (χ0) is 59.1. The smallest absolute Gasteiger partial charge is 0.344 e. The molecule has 2 bridgehead atoms. The summed E-state index contributed by atoms with van der Waals surface area (Å²) in [5.74, 6) is -1.90. The lowest BCUT2D eigenvalue weighted by molar-refractivity contribution is -0.228. The molecule has 3 aromatic rings. The van der Waals surface area contributed by atoms with E-state index in [1.54, 1.807) is 19.3 Å². The Balaban J connectivity index is 0.000000218. The largest absolute Gasteiger partial charge is 0.496 e. The highest BCUT2D eigenvalue weighted by Crippen LogP contribution is 2.69. The lowest BCUT2D eigenvalue weighted by Crippen LogP contribution is -2.81. The average Bonchev–Trinajstić information content (AvgIpc) is 1.75. The molecule has 1 aromatic heterocycles. The van der Waals surface area contributed by atoms with Crippen molar-refractivity contribution in [2.24, 2.45) is 39.9 Å². The van der Waals surface area contributed by atoms with E-state index < -0.39 is 74.8 Å². The van der Waals surface area contributed by atoms with E-state index in [-0.39, 0.29) is 53.7 Å². The third-order valence-corrected chi connectivity index (χ3v) is 22.8. The van der Waals surface area contributed by atoms with Gasteiger partial charge in [0.25, 0.3) is 0 Å². The number of allylic oxidation sites excluding steroid dienone is 4. The lowest BCUT2D eigenvalue weighted by Gasteiger charge is -2.63. The minimum absolute atomic E-state index is 0.0206. The van der Waals surface area contributed by atoms with Crippen LogP contribution < -0.4 is 9.64 Å². The molecule has 13 rings (SSSR count). The summed E-state index contributed by atoms with van der Waals surface area (Å²) < 4.78 is 23.9. The topological polar surface area (TPSA) is 226 Å². The van der Waals surface area contributed by atoms with Crippen molar-refractivity contribution in [1.29, 1.82) is 0 Å². The van der Waals surface area contributed by atoms with Gasteiger partial charge in [-0.05, 0) is 111 Å². The van der Waals surface area contributed by atoms with E-state index in [9.17, 15) is 39.3 Å². The van der Waals surface area contributed by atoms with Gasteiger partial charge in [0.1, 0.15) is 29.2 Å². The van der Waals surface area contributed by atoms with Gasteiger partial charge in [-0.25, -0.2) is 4.79 Å². The van der Waals surface area contributed by atoms with E-state index in [1.807, 2.05) is 57.0 Å². The van der Waals surface area contributed by atoms with E-state index in [4.69, 9.17) is 18.9 Å². The molecule has 10 aliphatic rings. The van der Waals surface area contributed by atoms with Crippen LogP contribution in [0.3, 0.4) is 0 Å². The van der Waals surface area contributed by atoms with Crippen LogP contribution in [-0.2, 0) is 60.4 Å². The summed E-state index contributed by atoms with van der Waals surface area (Å²) in [6.07, 6.45) is 15.5. The van der Waals surface area contributed by atoms with E-state index in [1.165, 1.54) is 26.7 Å². The van der Waals surface area contributed by atoms with Crippen molar-refractivity contribution in [2.75, 3.05) is 66.1 Å². The van der Waals surface area contributed by atoms with E-state index in [0.717, 1.165) is 71.3 Å². The normalized spacial score (nSPS) is 38.7. The number of ketones is 3. The molecule has 0 radical (unpaired) electrons. The van der Waals surface area contributed by atoms with Crippen molar-refractivity contribution in [3.63, 3.8) is 0 Å². The zero-order valence-corrected chi connectivity index (χ0v) is 49.3. The summed E-state index contributed by atoms with van der Waals surface area (Å²) in [6, 6.07) is 11.2. The van der Waals surface area contributed by atoms with Crippen LogP contribution in [-0.4, -0.2) is 156 Å². The molecule has 5 fully saturated rings. The first-order valence-electron chi connectivity index (χ1n) is 29.9. The van der Waals surface area contributed by atoms with Crippen molar-refractivity contribution >= 4 is 51.8 Å². The molecule has 6 heterocycles. The first kappa shape index (κ1) is 57.2. The Morgan fingerprint density at radius 3 is 2.37 bits per heavy atom. The summed E-state index contributed by atoms with van der Waals surface area (Å²) in [5.41, 5.74) is -0.814. The van der Waals surface area contributed by atoms with Crippen LogP contribution in [0.1, 0.15) is 115 Å². The monoisotopic (exact) mass is 1140 g/mol. The number of aromatic nitrogens is 1. The number of nitrogens with zero attached hydrogens (tertiary/aromatic N) is 3. The number of esters is 3. The second-order valence-corrected chi connectivity index (χ2v) is 26.2. The first-order valence-corrected chi connectivity index (χ1v) is 29.9. The number of rotatable bonds is 9. The van der Waals surface area contributed by atoms with Crippen molar-refractivity contribution in [3.8, 4) is 5.75 Å². The van der Waals surface area contributed by atoms with Crippen molar-refractivity contribution < 1.29 is 63.0 Å². The van der Waals surface area contributed by atoms with Gasteiger partial charge in [0.15, 0.2) is 17.7 Å². The van der Waals surface area contributed by atoms with Crippen LogP contribution >= 0.6 is 0 Å². The number of anilines is 1. The number of para-hydroxylation sites is 1. The Morgan fingerprint density at radius 1 is 0.916 bits per heavy atom. The highest BCUT2D eigenvalue weighted by atomic mass is 16.6. The molecule has 5 aliphatic heterocycles. The fraction of sp³-hybridized carbons (Fsp3) is 0.576. The number of carbonyl (C=O) groups excluding carboxylic acids is 6. The number of nitrogens with one attached hydrogen (secondary N) is 1. The molecule has 4 N–H and O–H groups in total. The second kappa shape index (κ2) is 19.9. The first-order chi connectivity index (χ1) is 39.6. The van der Waals surface area contributed by atoms with E-state index in [0.29, 0.717) is 63.1 Å². The van der Waals surface area contributed by atoms with E-state index >= 15 is 4.79 Å². The molecule has 4 saturated carbocycles. The molecule has 0 amide bonds. The van der Waals surface area contributed by atoms with Gasteiger partial charge in [0.2, 0.25) is 5.60 Å². The highest BCUT2D eigenvalue weighted by molar-refractivity contribution is 6.02. The predicted octanol–water partition coefficient (Wildman–Crippen LogP) is 6.52.